The number of allylic oxidation sites excluding steroid dienone is 2. The van der Waals surface area contributed by atoms with E-state index in [1.807, 2.05) is 84.9 Å². The van der Waals surface area contributed by atoms with E-state index in [1.165, 1.54) is 23.3 Å². The van der Waals surface area contributed by atoms with Gasteiger partial charge < -0.3 is 36.3 Å². The predicted octanol–water partition coefficient (Wildman–Crippen LogP) is 8.15. The van der Waals surface area contributed by atoms with E-state index in [-0.39, 0.29) is 52.3 Å². The third-order valence-electron chi connectivity index (χ3n) is 13.9. The number of aliphatic carboxylic acids is 1. The van der Waals surface area contributed by atoms with E-state index in [4.69, 9.17) is 37.9 Å². The molecule has 2 saturated carbocycles. The topological polar surface area (TPSA) is 274 Å². The molecule has 6 heterocycles. The number of nitrogens with one attached hydrogen (secondary N) is 1. The van der Waals surface area contributed by atoms with Crippen LogP contribution >= 0.6 is 0 Å². The molecule has 4 aliphatic rings. The SMILES string of the molecule is N#C/C(=C\C1CC1)C(=O)O.Nc1ncnc2c1n(-c1ccc(Oc3ccccc3)cc1)c(=O)n2[C@@H]1CCCNC1.[C-]#[N+]/C(=C\C1CC1)C(=O)N1CCC[C@@H](n2c(=O)n(-c3ccc(Oc4ccccc4)cc3)c3c(N)ncnc32)C1. The van der Waals surface area contributed by atoms with Gasteiger partial charge in [-0.25, -0.2) is 39.2 Å². The Kier molecular flexibility index (Phi) is 15.7. The first-order valence-electron chi connectivity index (χ1n) is 26.1. The fraction of sp³-hybridized carbons (Fsp3) is 0.276. The van der Waals surface area contributed by atoms with Gasteiger partial charge in [0.2, 0.25) is 5.70 Å². The van der Waals surface area contributed by atoms with Gasteiger partial charge in [-0.15, -0.1) is 0 Å². The highest BCUT2D eigenvalue weighted by Crippen LogP contribution is 2.34. The van der Waals surface area contributed by atoms with Crippen LogP contribution in [0.1, 0.15) is 63.5 Å². The number of carboxylic acid groups (broad SMARTS) is 1. The molecular weight excluding hydrogens is 1000 g/mol. The number of rotatable bonds is 12. The van der Waals surface area contributed by atoms with Crippen LogP contribution in [-0.2, 0) is 9.59 Å². The summed E-state index contributed by atoms with van der Waals surface area (Å²) in [5, 5.41) is 20.0. The summed E-state index contributed by atoms with van der Waals surface area (Å²) in [6, 6.07) is 34.9. The molecule has 2 aliphatic heterocycles. The molecule has 2 saturated heterocycles. The standard InChI is InChI=1S/C29H27N7O3.C22H22N6O2.C7H7NO2/c1-31-24(16-19-9-10-19)28(37)34-15-5-6-21(17-34)36-27-25(26(30)32-18-33-27)35(29(36)38)20-11-13-23(14-12-20)39-22-7-3-2-4-8-22;23-20-19-21(26-14-25-20)28(16-5-4-12-24-13-16)22(29)27(19)15-8-10-18(11-9-15)30-17-6-2-1-3-7-17;8-4-6(7(9)10)3-5-1-2-5/h2-4,7-8,11-14,16,18-19,21H,5-6,9-10,15,17H2,(H2,30,32,33);1-3,6-11,14,16,24H,4-5,12-13H2,(H2,23,25,26);3,5H,1-2H2,(H,9,10)/b24-16-;;6-3+/t21-;16-;/m11./s1. The van der Waals surface area contributed by atoms with E-state index in [0.29, 0.717) is 88.7 Å². The number of hydrogen-bond acceptors (Lipinski definition) is 14. The Hall–Kier alpha value is -9.86. The molecular formula is C58H56N14O7. The summed E-state index contributed by atoms with van der Waals surface area (Å²) in [6.45, 7) is 10.0. The number of carboxylic acids is 1. The van der Waals surface area contributed by atoms with Gasteiger partial charge in [-0.1, -0.05) is 48.6 Å². The van der Waals surface area contributed by atoms with Crippen molar-refractivity contribution in [2.24, 2.45) is 11.8 Å². The normalized spacial score (nSPS) is 17.3. The van der Waals surface area contributed by atoms with Crippen LogP contribution in [0.2, 0.25) is 0 Å². The molecule has 0 unspecified atom stereocenters. The number of aromatic nitrogens is 8. The minimum absolute atomic E-state index is 0.0324. The molecule has 2 atom stereocenters. The lowest BCUT2D eigenvalue weighted by Crippen LogP contribution is -2.43. The number of nitrogens with two attached hydrogens (primary N) is 2. The molecule has 79 heavy (non-hydrogen) atoms. The van der Waals surface area contributed by atoms with Crippen molar-refractivity contribution < 1.29 is 24.2 Å². The number of piperidine rings is 2. The smallest absolute Gasteiger partial charge is 0.346 e. The summed E-state index contributed by atoms with van der Waals surface area (Å²) in [5.74, 6) is 2.52. The summed E-state index contributed by atoms with van der Waals surface area (Å²) < 4.78 is 18.2. The van der Waals surface area contributed by atoms with Crippen molar-refractivity contribution >= 4 is 45.8 Å². The first kappa shape index (κ1) is 52.6. The van der Waals surface area contributed by atoms with Crippen molar-refractivity contribution in [2.75, 3.05) is 37.6 Å². The minimum atomic E-state index is -1.12. The monoisotopic (exact) mass is 1060 g/mol. The molecule has 12 rings (SSSR count). The zero-order valence-corrected chi connectivity index (χ0v) is 43.0. The number of ether oxygens (including phenoxy) is 2. The Morgan fingerprint density at radius 3 is 1.61 bits per heavy atom. The Bertz CT molecular complexity index is 3780. The summed E-state index contributed by atoms with van der Waals surface area (Å²) >= 11 is 0. The van der Waals surface area contributed by atoms with Crippen molar-refractivity contribution in [3.8, 4) is 40.4 Å². The van der Waals surface area contributed by atoms with Crippen LogP contribution in [0.3, 0.4) is 0 Å². The number of nitrogens with zero attached hydrogens (tertiary/aromatic N) is 11. The third-order valence-corrected chi connectivity index (χ3v) is 13.9. The number of amides is 1. The van der Waals surface area contributed by atoms with E-state index in [9.17, 15) is 19.2 Å². The number of imidazole rings is 2. The van der Waals surface area contributed by atoms with E-state index >= 15 is 0 Å². The molecule has 4 fully saturated rings. The van der Waals surface area contributed by atoms with Gasteiger partial charge in [0.05, 0.1) is 30.0 Å². The summed E-state index contributed by atoms with van der Waals surface area (Å²) in [7, 11) is 0. The van der Waals surface area contributed by atoms with Crippen LogP contribution in [0.4, 0.5) is 11.6 Å². The fourth-order valence-electron chi connectivity index (χ4n) is 9.71. The van der Waals surface area contributed by atoms with Gasteiger partial charge in [-0.2, -0.15) is 5.26 Å². The number of para-hydroxylation sites is 2. The zero-order chi connectivity index (χ0) is 55.0. The molecule has 21 heteroatoms. The second-order valence-corrected chi connectivity index (χ2v) is 19.5. The fourth-order valence-corrected chi connectivity index (χ4v) is 9.71. The van der Waals surface area contributed by atoms with Crippen LogP contribution in [0.25, 0.3) is 38.5 Å². The van der Waals surface area contributed by atoms with Crippen LogP contribution in [0.15, 0.2) is 155 Å². The van der Waals surface area contributed by atoms with Crippen LogP contribution in [0.5, 0.6) is 23.0 Å². The Balaban J connectivity index is 0.000000155. The average Bonchev–Trinajstić information content (AvgIpc) is 4.49. The molecule has 0 radical (unpaired) electrons. The number of benzene rings is 4. The molecule has 8 aromatic rings. The number of nitrogen functional groups attached to an aromatic ring is 2. The molecule has 21 nitrogen and oxygen atoms in total. The van der Waals surface area contributed by atoms with E-state index < -0.39 is 5.97 Å². The van der Waals surface area contributed by atoms with Crippen molar-refractivity contribution in [3.05, 3.63) is 178 Å². The average molecular weight is 1060 g/mol. The van der Waals surface area contributed by atoms with E-state index in [0.717, 1.165) is 57.4 Å². The highest BCUT2D eigenvalue weighted by atomic mass is 16.5. The van der Waals surface area contributed by atoms with Crippen LogP contribution < -0.4 is 37.6 Å². The quantitative estimate of drug-likeness (QED) is 0.0510. The maximum atomic E-state index is 13.9. The maximum absolute atomic E-state index is 13.9. The van der Waals surface area contributed by atoms with Gasteiger partial charge in [0.25, 0.3) is 5.91 Å². The van der Waals surface area contributed by atoms with Gasteiger partial charge in [0.1, 0.15) is 58.3 Å². The van der Waals surface area contributed by atoms with Gasteiger partial charge in [-0.3, -0.25) is 23.1 Å². The molecule has 4 aromatic heterocycles. The van der Waals surface area contributed by atoms with Crippen molar-refractivity contribution in [3.63, 3.8) is 0 Å². The largest absolute Gasteiger partial charge is 0.477 e. The molecule has 400 valence electrons. The number of likely N-dealkylation sites (tertiary alicyclic amines) is 1. The Labute approximate surface area is 453 Å². The Morgan fingerprint density at radius 1 is 0.671 bits per heavy atom. The molecule has 4 aromatic carbocycles. The van der Waals surface area contributed by atoms with Crippen LogP contribution in [0, 0.1) is 29.7 Å². The lowest BCUT2D eigenvalue weighted by Gasteiger charge is -2.33. The number of fused-ring (bicyclic) bond motifs is 2. The highest BCUT2D eigenvalue weighted by Gasteiger charge is 2.33. The molecule has 1 amide bonds. The Morgan fingerprint density at radius 2 is 1.15 bits per heavy atom. The lowest BCUT2D eigenvalue weighted by atomic mass is 10.0. The van der Waals surface area contributed by atoms with E-state index in [2.05, 4.69) is 30.1 Å². The van der Waals surface area contributed by atoms with Gasteiger partial charge in [0, 0.05) is 19.6 Å². The number of carbonyl (C=O) groups excluding carboxylic acids is 1. The summed E-state index contributed by atoms with van der Waals surface area (Å²) in [4.78, 5) is 73.0. The van der Waals surface area contributed by atoms with Crippen molar-refractivity contribution in [1.29, 1.82) is 5.26 Å². The summed E-state index contributed by atoms with van der Waals surface area (Å²) in [5.41, 5.74) is 15.2. The van der Waals surface area contributed by atoms with Crippen molar-refractivity contribution in [2.45, 2.75) is 63.5 Å². The maximum Gasteiger partial charge on any atom is 0.346 e. The second kappa shape index (κ2) is 23.6. The van der Waals surface area contributed by atoms with Gasteiger partial charge in [-0.05, 0) is 143 Å². The molecule has 0 bridgehead atoms. The number of carbonyl (C=O) groups is 2. The zero-order valence-electron chi connectivity index (χ0n) is 43.0. The highest BCUT2D eigenvalue weighted by molar-refractivity contribution is 5.95. The number of nitriles is 1. The molecule has 0 spiro atoms. The predicted molar refractivity (Wildman–Crippen MR) is 296 cm³/mol. The number of anilines is 2. The molecule has 6 N–H and O–H groups in total. The first-order valence-corrected chi connectivity index (χ1v) is 26.1. The summed E-state index contributed by atoms with van der Waals surface area (Å²) in [6.07, 6.45) is 13.5. The van der Waals surface area contributed by atoms with Crippen LogP contribution in [-0.4, -0.2) is 86.3 Å². The molecule has 2 aliphatic carbocycles. The van der Waals surface area contributed by atoms with Gasteiger partial charge >= 0.3 is 17.3 Å². The minimum Gasteiger partial charge on any atom is -0.477 e. The number of hydrogen-bond donors (Lipinski definition) is 4. The van der Waals surface area contributed by atoms with Crippen molar-refractivity contribution in [1.82, 2.24) is 48.4 Å². The second-order valence-electron chi connectivity index (χ2n) is 19.5. The third kappa shape index (κ3) is 11.9. The lowest BCUT2D eigenvalue weighted by molar-refractivity contribution is -0.132. The first-order chi connectivity index (χ1) is 38.5. The van der Waals surface area contributed by atoms with Gasteiger partial charge in [0.15, 0.2) is 22.9 Å². The van der Waals surface area contributed by atoms with E-state index in [1.54, 1.807) is 55.0 Å².